The summed E-state index contributed by atoms with van der Waals surface area (Å²) in [5, 5.41) is 3.25. The molecule has 138 valence electrons. The number of hydrogen-bond donors (Lipinski definition) is 1. The van der Waals surface area contributed by atoms with Gasteiger partial charge in [-0.25, -0.2) is 8.42 Å². The van der Waals surface area contributed by atoms with Crippen LogP contribution in [0.5, 0.6) is 0 Å². The largest absolute Gasteiger partial charge is 0.323 e. The summed E-state index contributed by atoms with van der Waals surface area (Å²) in [6.45, 7) is 4.40. The van der Waals surface area contributed by atoms with Crippen LogP contribution in [0.4, 0.5) is 5.69 Å². The molecule has 1 amide bonds. The van der Waals surface area contributed by atoms with Gasteiger partial charge in [-0.1, -0.05) is 43.6 Å². The lowest BCUT2D eigenvalue weighted by Crippen LogP contribution is -2.30. The van der Waals surface area contributed by atoms with Gasteiger partial charge in [-0.2, -0.15) is 4.31 Å². The Bertz CT molecular complexity index is 889. The number of hydrogen-bond acceptors (Lipinski definition) is 3. The van der Waals surface area contributed by atoms with Crippen LogP contribution in [0.3, 0.4) is 0 Å². The first-order chi connectivity index (χ1) is 12.4. The number of nitrogens with zero attached hydrogens (tertiary/aromatic N) is 1. The zero-order chi connectivity index (χ0) is 19.2. The second-order valence-corrected chi connectivity index (χ2v) is 7.80. The van der Waals surface area contributed by atoms with Gasteiger partial charge in [0, 0.05) is 29.9 Å². The van der Waals surface area contributed by atoms with Gasteiger partial charge >= 0.3 is 0 Å². The minimum Gasteiger partial charge on any atom is -0.323 e. The Morgan fingerprint density at radius 3 is 2.27 bits per heavy atom. The molecule has 2 rings (SSSR count). The quantitative estimate of drug-likeness (QED) is 0.723. The van der Waals surface area contributed by atoms with Gasteiger partial charge in [0.25, 0.3) is 0 Å². The molecule has 0 atom stereocenters. The van der Waals surface area contributed by atoms with Crippen LogP contribution in [0.25, 0.3) is 6.08 Å². The number of anilines is 1. The number of sulfonamides is 1. The molecule has 0 saturated carbocycles. The average Bonchev–Trinajstić information content (AvgIpc) is 2.62. The van der Waals surface area contributed by atoms with Gasteiger partial charge in [-0.05, 0) is 42.0 Å². The average molecular weight is 393 g/mol. The second kappa shape index (κ2) is 8.98. The molecular formula is C19H21ClN2O3S. The summed E-state index contributed by atoms with van der Waals surface area (Å²) >= 11 is 6.03. The standard InChI is InChI=1S/C19H21ClN2O3S/c1-3-22(4-2)26(24,25)17-12-10-16(11-13-17)21-19(23)14-9-15-7-5-6-8-18(15)20/h5-14H,3-4H2,1-2H3,(H,21,23)/b14-9+. The van der Waals surface area contributed by atoms with Crippen LogP contribution < -0.4 is 5.32 Å². The fourth-order valence-corrected chi connectivity index (χ4v) is 4.04. The van der Waals surface area contributed by atoms with E-state index in [4.69, 9.17) is 11.6 Å². The Morgan fingerprint density at radius 1 is 1.08 bits per heavy atom. The molecule has 0 aliphatic heterocycles. The SMILES string of the molecule is CCN(CC)S(=O)(=O)c1ccc(NC(=O)/C=C/c2ccccc2Cl)cc1. The van der Waals surface area contributed by atoms with E-state index in [1.165, 1.54) is 22.5 Å². The minimum atomic E-state index is -3.51. The van der Waals surface area contributed by atoms with Crippen LogP contribution >= 0.6 is 11.6 Å². The van der Waals surface area contributed by atoms with E-state index in [0.717, 1.165) is 5.56 Å². The monoisotopic (exact) mass is 392 g/mol. The number of amides is 1. The number of benzene rings is 2. The van der Waals surface area contributed by atoms with Crippen LogP contribution in [0, 0.1) is 0 Å². The van der Waals surface area contributed by atoms with Crippen LogP contribution in [0.15, 0.2) is 59.5 Å². The first-order valence-electron chi connectivity index (χ1n) is 8.22. The van der Waals surface area contributed by atoms with Gasteiger partial charge < -0.3 is 5.32 Å². The first kappa shape index (κ1) is 20.2. The van der Waals surface area contributed by atoms with Gasteiger partial charge in [-0.15, -0.1) is 0 Å². The molecule has 0 heterocycles. The minimum absolute atomic E-state index is 0.200. The van der Waals surface area contributed by atoms with Crippen LogP contribution in [-0.2, 0) is 14.8 Å². The molecule has 0 spiro atoms. The lowest BCUT2D eigenvalue weighted by molar-refractivity contribution is -0.111. The third-order valence-electron chi connectivity index (χ3n) is 3.78. The molecular weight excluding hydrogens is 372 g/mol. The fourth-order valence-electron chi connectivity index (χ4n) is 2.38. The number of rotatable bonds is 7. The first-order valence-corrected chi connectivity index (χ1v) is 10.0. The Labute approximate surface area is 159 Å². The highest BCUT2D eigenvalue weighted by atomic mass is 35.5. The van der Waals surface area contributed by atoms with E-state index in [-0.39, 0.29) is 10.8 Å². The maximum Gasteiger partial charge on any atom is 0.248 e. The van der Waals surface area contributed by atoms with Crippen molar-refractivity contribution in [2.24, 2.45) is 0 Å². The Balaban J connectivity index is 2.07. The van der Waals surface area contributed by atoms with Gasteiger partial charge in [0.05, 0.1) is 4.90 Å². The predicted molar refractivity (Wildman–Crippen MR) is 106 cm³/mol. The third kappa shape index (κ3) is 4.94. The molecule has 5 nitrogen and oxygen atoms in total. The van der Waals surface area contributed by atoms with Crippen molar-refractivity contribution in [3.05, 3.63) is 65.2 Å². The Hall–Kier alpha value is -2.15. The maximum absolute atomic E-state index is 12.4. The van der Waals surface area contributed by atoms with E-state index in [1.807, 2.05) is 12.1 Å². The van der Waals surface area contributed by atoms with Gasteiger partial charge in [0.1, 0.15) is 0 Å². The normalized spacial score (nSPS) is 11.8. The fraction of sp³-hybridized carbons (Fsp3) is 0.211. The molecule has 7 heteroatoms. The van der Waals surface area contributed by atoms with E-state index < -0.39 is 10.0 Å². The third-order valence-corrected chi connectivity index (χ3v) is 6.19. The number of halogens is 1. The summed E-state index contributed by atoms with van der Waals surface area (Å²) < 4.78 is 26.3. The van der Waals surface area contributed by atoms with Crippen molar-refractivity contribution in [1.29, 1.82) is 0 Å². The van der Waals surface area contributed by atoms with E-state index in [0.29, 0.717) is 23.8 Å². The molecule has 0 fully saturated rings. The van der Waals surface area contributed by atoms with Crippen molar-refractivity contribution >= 4 is 39.3 Å². The molecule has 0 bridgehead atoms. The van der Waals surface area contributed by atoms with E-state index >= 15 is 0 Å². The summed E-state index contributed by atoms with van der Waals surface area (Å²) in [5.74, 6) is -0.329. The van der Waals surface area contributed by atoms with Crippen molar-refractivity contribution < 1.29 is 13.2 Å². The topological polar surface area (TPSA) is 66.5 Å². The maximum atomic E-state index is 12.4. The molecule has 0 saturated heterocycles. The van der Waals surface area contributed by atoms with Crippen molar-refractivity contribution in [2.75, 3.05) is 18.4 Å². The number of carbonyl (C=O) groups is 1. The van der Waals surface area contributed by atoms with Crippen molar-refractivity contribution in [3.8, 4) is 0 Å². The number of carbonyl (C=O) groups excluding carboxylic acids is 1. The predicted octanol–water partition coefficient (Wildman–Crippen LogP) is 4.02. The van der Waals surface area contributed by atoms with E-state index in [2.05, 4.69) is 5.32 Å². The van der Waals surface area contributed by atoms with Crippen molar-refractivity contribution in [2.45, 2.75) is 18.7 Å². The summed E-state index contributed by atoms with van der Waals surface area (Å²) in [5.41, 5.74) is 1.25. The molecule has 0 unspecified atom stereocenters. The molecule has 2 aromatic carbocycles. The molecule has 0 aromatic heterocycles. The van der Waals surface area contributed by atoms with E-state index in [9.17, 15) is 13.2 Å². The molecule has 0 radical (unpaired) electrons. The second-order valence-electron chi connectivity index (χ2n) is 5.46. The zero-order valence-electron chi connectivity index (χ0n) is 14.6. The zero-order valence-corrected chi connectivity index (χ0v) is 16.2. The smallest absolute Gasteiger partial charge is 0.248 e. The van der Waals surface area contributed by atoms with Gasteiger partial charge in [0.15, 0.2) is 0 Å². The van der Waals surface area contributed by atoms with Gasteiger partial charge in [-0.3, -0.25) is 4.79 Å². The summed E-state index contributed by atoms with van der Waals surface area (Å²) in [6.07, 6.45) is 3.00. The summed E-state index contributed by atoms with van der Waals surface area (Å²) in [4.78, 5) is 12.2. The molecule has 0 aliphatic rings. The molecule has 2 aromatic rings. The van der Waals surface area contributed by atoms with Crippen LogP contribution in [0.1, 0.15) is 19.4 Å². The highest BCUT2D eigenvalue weighted by Gasteiger charge is 2.21. The Kier molecular flexibility index (Phi) is 6.97. The van der Waals surface area contributed by atoms with Crippen molar-refractivity contribution in [1.82, 2.24) is 4.31 Å². The highest BCUT2D eigenvalue weighted by molar-refractivity contribution is 7.89. The van der Waals surface area contributed by atoms with Gasteiger partial charge in [0.2, 0.25) is 15.9 Å². The molecule has 0 aliphatic carbocycles. The summed E-state index contributed by atoms with van der Waals surface area (Å²) in [7, 11) is -3.51. The molecule has 1 N–H and O–H groups in total. The molecule has 26 heavy (non-hydrogen) atoms. The highest BCUT2D eigenvalue weighted by Crippen LogP contribution is 2.19. The van der Waals surface area contributed by atoms with Crippen LogP contribution in [0.2, 0.25) is 5.02 Å². The van der Waals surface area contributed by atoms with Crippen LogP contribution in [-0.4, -0.2) is 31.7 Å². The lowest BCUT2D eigenvalue weighted by Gasteiger charge is -2.18. The lowest BCUT2D eigenvalue weighted by atomic mass is 10.2. The Morgan fingerprint density at radius 2 is 1.69 bits per heavy atom. The number of nitrogens with one attached hydrogen (secondary N) is 1. The summed E-state index contributed by atoms with van der Waals surface area (Å²) in [6, 6.07) is 13.3. The van der Waals surface area contributed by atoms with E-state index in [1.54, 1.807) is 44.2 Å². The van der Waals surface area contributed by atoms with Crippen molar-refractivity contribution in [3.63, 3.8) is 0 Å².